The van der Waals surface area contributed by atoms with Gasteiger partial charge >= 0.3 is 0 Å². The highest BCUT2D eigenvalue weighted by atomic mass is 16.5. The molecule has 0 radical (unpaired) electrons. The summed E-state index contributed by atoms with van der Waals surface area (Å²) in [4.78, 5) is 16.6. The Bertz CT molecular complexity index is 287. The Hall–Kier alpha value is -0.650. The summed E-state index contributed by atoms with van der Waals surface area (Å²) in [5.74, 6) is 0.300. The van der Waals surface area contributed by atoms with Crippen molar-refractivity contribution in [2.24, 2.45) is 0 Å². The van der Waals surface area contributed by atoms with E-state index >= 15 is 0 Å². The van der Waals surface area contributed by atoms with Crippen molar-refractivity contribution in [1.29, 1.82) is 0 Å². The second-order valence-corrected chi connectivity index (χ2v) is 5.78. The summed E-state index contributed by atoms with van der Waals surface area (Å²) in [7, 11) is 0. The maximum Gasteiger partial charge on any atom is 0.222 e. The van der Waals surface area contributed by atoms with Crippen LogP contribution in [0.4, 0.5) is 0 Å². The van der Waals surface area contributed by atoms with Gasteiger partial charge in [-0.2, -0.15) is 0 Å². The van der Waals surface area contributed by atoms with E-state index in [2.05, 4.69) is 17.1 Å². The first kappa shape index (κ1) is 15.7. The first-order chi connectivity index (χ1) is 9.81. The molecule has 5 heteroatoms. The van der Waals surface area contributed by atoms with Gasteiger partial charge in [-0.15, -0.1) is 0 Å². The molecule has 2 heterocycles. The highest BCUT2D eigenvalue weighted by Crippen LogP contribution is 2.11. The van der Waals surface area contributed by atoms with Crippen LogP contribution in [0.1, 0.15) is 32.6 Å². The Morgan fingerprint density at radius 3 is 2.80 bits per heavy atom. The number of hydrogen-bond acceptors (Lipinski definition) is 4. The molecule has 0 aromatic rings. The Balaban J connectivity index is 1.67. The number of nitrogens with zero attached hydrogens (tertiary/aromatic N) is 2. The van der Waals surface area contributed by atoms with E-state index in [-0.39, 0.29) is 0 Å². The number of carbonyl (C=O) groups is 1. The van der Waals surface area contributed by atoms with Crippen LogP contribution in [-0.4, -0.2) is 74.2 Å². The smallest absolute Gasteiger partial charge is 0.222 e. The molecule has 0 bridgehead atoms. The lowest BCUT2D eigenvalue weighted by molar-refractivity contribution is -0.135. The minimum Gasteiger partial charge on any atom is -0.378 e. The van der Waals surface area contributed by atoms with E-state index in [9.17, 15) is 4.79 Å². The number of rotatable bonds is 7. The van der Waals surface area contributed by atoms with E-state index in [1.165, 1.54) is 12.8 Å². The zero-order valence-electron chi connectivity index (χ0n) is 12.8. The maximum atomic E-state index is 12.1. The van der Waals surface area contributed by atoms with E-state index in [4.69, 9.17) is 4.74 Å². The lowest BCUT2D eigenvalue weighted by Crippen LogP contribution is -2.41. The topological polar surface area (TPSA) is 44.8 Å². The van der Waals surface area contributed by atoms with Crippen LogP contribution in [0.2, 0.25) is 0 Å². The predicted molar refractivity (Wildman–Crippen MR) is 79.8 cm³/mol. The molecule has 5 nitrogen and oxygen atoms in total. The third-order valence-electron chi connectivity index (χ3n) is 4.26. The van der Waals surface area contributed by atoms with Gasteiger partial charge in [0.2, 0.25) is 5.91 Å². The van der Waals surface area contributed by atoms with Gasteiger partial charge in [-0.1, -0.05) is 6.92 Å². The molecular formula is C15H29N3O2. The fourth-order valence-electron chi connectivity index (χ4n) is 3.12. The molecular weight excluding hydrogens is 254 g/mol. The van der Waals surface area contributed by atoms with E-state index < -0.39 is 0 Å². The minimum atomic E-state index is 0.300. The van der Waals surface area contributed by atoms with Crippen molar-refractivity contribution in [2.75, 3.05) is 52.5 Å². The SMILES string of the molecule is CCCN(CCCC(=O)N1CCOCC1)C1CCNC1. The maximum absolute atomic E-state index is 12.1. The second kappa shape index (κ2) is 8.60. The molecule has 1 unspecified atom stereocenters. The van der Waals surface area contributed by atoms with Gasteiger partial charge in [0, 0.05) is 32.1 Å². The van der Waals surface area contributed by atoms with Gasteiger partial charge in [-0.05, 0) is 38.9 Å². The van der Waals surface area contributed by atoms with Crippen LogP contribution in [0.3, 0.4) is 0 Å². The molecule has 2 rings (SSSR count). The molecule has 20 heavy (non-hydrogen) atoms. The predicted octanol–water partition coefficient (Wildman–Crippen LogP) is 0.699. The van der Waals surface area contributed by atoms with Crippen LogP contribution in [0.5, 0.6) is 0 Å². The number of nitrogens with one attached hydrogen (secondary N) is 1. The number of morpholine rings is 1. The number of carbonyl (C=O) groups excluding carboxylic acids is 1. The largest absolute Gasteiger partial charge is 0.378 e. The van der Waals surface area contributed by atoms with Crippen LogP contribution in [0, 0.1) is 0 Å². The fourth-order valence-corrected chi connectivity index (χ4v) is 3.12. The second-order valence-electron chi connectivity index (χ2n) is 5.78. The molecule has 2 aliphatic heterocycles. The molecule has 1 N–H and O–H groups in total. The summed E-state index contributed by atoms with van der Waals surface area (Å²) in [6.45, 7) is 9.61. The molecule has 0 saturated carbocycles. The van der Waals surface area contributed by atoms with Crippen molar-refractivity contribution >= 4 is 5.91 Å². The summed E-state index contributed by atoms with van der Waals surface area (Å²) in [6.07, 6.45) is 4.10. The molecule has 1 amide bonds. The standard InChI is InChI=1S/C15H29N3O2/c1-2-7-17(14-5-6-16-13-14)8-3-4-15(19)18-9-11-20-12-10-18/h14,16H,2-13H2,1H3. The summed E-state index contributed by atoms with van der Waals surface area (Å²) in [6, 6.07) is 0.674. The molecule has 2 saturated heterocycles. The molecule has 1 atom stereocenters. The van der Waals surface area contributed by atoms with Crippen molar-refractivity contribution in [1.82, 2.24) is 15.1 Å². The van der Waals surface area contributed by atoms with Crippen molar-refractivity contribution in [2.45, 2.75) is 38.6 Å². The highest BCUT2D eigenvalue weighted by Gasteiger charge is 2.22. The lowest BCUT2D eigenvalue weighted by Gasteiger charge is -2.29. The normalized spacial score (nSPS) is 23.5. The molecule has 2 fully saturated rings. The average Bonchev–Trinajstić information content (AvgIpc) is 3.01. The molecule has 0 aromatic carbocycles. The molecule has 2 aliphatic rings. The summed E-state index contributed by atoms with van der Waals surface area (Å²) >= 11 is 0. The van der Waals surface area contributed by atoms with Gasteiger partial charge in [0.1, 0.15) is 0 Å². The summed E-state index contributed by atoms with van der Waals surface area (Å²) in [5.41, 5.74) is 0. The van der Waals surface area contributed by atoms with Gasteiger partial charge < -0.3 is 15.0 Å². The third-order valence-corrected chi connectivity index (χ3v) is 4.26. The lowest BCUT2D eigenvalue weighted by atomic mass is 10.1. The van der Waals surface area contributed by atoms with Crippen molar-refractivity contribution < 1.29 is 9.53 Å². The molecule has 0 aromatic heterocycles. The van der Waals surface area contributed by atoms with Crippen LogP contribution < -0.4 is 5.32 Å². The Kier molecular flexibility index (Phi) is 6.76. The average molecular weight is 283 g/mol. The first-order valence-electron chi connectivity index (χ1n) is 8.11. The van der Waals surface area contributed by atoms with Crippen LogP contribution in [-0.2, 0) is 9.53 Å². The molecule has 0 aliphatic carbocycles. The molecule has 116 valence electrons. The number of hydrogen-bond donors (Lipinski definition) is 1. The van der Waals surface area contributed by atoms with Crippen molar-refractivity contribution in [3.8, 4) is 0 Å². The van der Waals surface area contributed by atoms with E-state index in [1.54, 1.807) is 0 Å². The van der Waals surface area contributed by atoms with E-state index in [0.717, 1.165) is 45.7 Å². The summed E-state index contributed by atoms with van der Waals surface area (Å²) < 4.78 is 5.28. The Morgan fingerprint density at radius 1 is 1.35 bits per heavy atom. The Labute approximate surface area is 122 Å². The fraction of sp³-hybridized carbons (Fsp3) is 0.933. The first-order valence-corrected chi connectivity index (χ1v) is 8.11. The van der Waals surface area contributed by atoms with Crippen LogP contribution >= 0.6 is 0 Å². The van der Waals surface area contributed by atoms with Gasteiger partial charge in [0.15, 0.2) is 0 Å². The van der Waals surface area contributed by atoms with Gasteiger partial charge in [0.05, 0.1) is 13.2 Å². The quantitative estimate of drug-likeness (QED) is 0.747. The molecule has 0 spiro atoms. The van der Waals surface area contributed by atoms with Crippen molar-refractivity contribution in [3.05, 3.63) is 0 Å². The summed E-state index contributed by atoms with van der Waals surface area (Å²) in [5, 5.41) is 3.43. The van der Waals surface area contributed by atoms with Crippen LogP contribution in [0.15, 0.2) is 0 Å². The Morgan fingerprint density at radius 2 is 2.15 bits per heavy atom. The monoisotopic (exact) mass is 283 g/mol. The van der Waals surface area contributed by atoms with Gasteiger partial charge in [0.25, 0.3) is 0 Å². The van der Waals surface area contributed by atoms with Gasteiger partial charge in [-0.25, -0.2) is 0 Å². The number of amides is 1. The number of ether oxygens (including phenoxy) is 1. The third kappa shape index (κ3) is 4.72. The zero-order chi connectivity index (χ0) is 14.2. The van der Waals surface area contributed by atoms with Crippen LogP contribution in [0.25, 0.3) is 0 Å². The van der Waals surface area contributed by atoms with Gasteiger partial charge in [-0.3, -0.25) is 9.69 Å². The minimum absolute atomic E-state index is 0.300. The van der Waals surface area contributed by atoms with E-state index in [1.807, 2.05) is 4.90 Å². The van der Waals surface area contributed by atoms with E-state index in [0.29, 0.717) is 31.6 Å². The zero-order valence-corrected chi connectivity index (χ0v) is 12.8. The van der Waals surface area contributed by atoms with Crippen molar-refractivity contribution in [3.63, 3.8) is 0 Å². The highest BCUT2D eigenvalue weighted by molar-refractivity contribution is 5.76.